The molecule has 0 bridgehead atoms. The summed E-state index contributed by atoms with van der Waals surface area (Å²) in [7, 11) is 0. The lowest BCUT2D eigenvalue weighted by Gasteiger charge is -2.20. The molecule has 4 rings (SSSR count). The van der Waals surface area contributed by atoms with Gasteiger partial charge in [-0.15, -0.1) is 0 Å². The zero-order valence-electron chi connectivity index (χ0n) is 16.5. The molecule has 1 N–H and O–H groups in total. The zero-order valence-corrected chi connectivity index (χ0v) is 16.5. The molecule has 0 spiro atoms. The molecule has 5 heteroatoms. The molecule has 146 valence electrons. The number of aliphatic carboxylic acids is 1. The lowest BCUT2D eigenvalue weighted by molar-refractivity contribution is -0.136. The van der Waals surface area contributed by atoms with Crippen LogP contribution in [0.1, 0.15) is 31.4 Å². The summed E-state index contributed by atoms with van der Waals surface area (Å²) in [5.74, 6) is 0.0176. The van der Waals surface area contributed by atoms with Crippen LogP contribution in [-0.4, -0.2) is 28.4 Å². The second-order valence-corrected chi connectivity index (χ2v) is 7.10. The molecule has 0 unspecified atom stereocenters. The first-order chi connectivity index (χ1) is 14.0. The molecule has 1 aromatic carbocycles. The van der Waals surface area contributed by atoms with E-state index in [2.05, 4.69) is 29.0 Å². The average Bonchev–Trinajstić information content (AvgIpc) is 2.73. The van der Waals surface area contributed by atoms with E-state index in [1.807, 2.05) is 43.5 Å². The number of hydrogen-bond acceptors (Lipinski definition) is 4. The third-order valence-electron chi connectivity index (χ3n) is 5.15. The summed E-state index contributed by atoms with van der Waals surface area (Å²) in [5.41, 5.74) is 6.79. The summed E-state index contributed by atoms with van der Waals surface area (Å²) in [4.78, 5) is 20.1. The van der Waals surface area contributed by atoms with Gasteiger partial charge in [-0.1, -0.05) is 24.3 Å². The Balaban J connectivity index is 1.83. The fourth-order valence-corrected chi connectivity index (χ4v) is 3.71. The summed E-state index contributed by atoms with van der Waals surface area (Å²) in [6, 6.07) is 6.13. The standard InChI is InChI=1S/C24H22N2O3/c1-15(7-10-22(27)28)26-20-6-4-3-5-18(20)16(2)19-8-9-21-23-17(12-14-29-21)11-13-25-24(19)23/h3-9,11,13H,10,12,14H2,1-2H3,(H,27,28)/b15-7+,18-16+,26-20-. The molecule has 2 aromatic rings. The highest BCUT2D eigenvalue weighted by atomic mass is 16.5. The summed E-state index contributed by atoms with van der Waals surface area (Å²) in [6.45, 7) is 4.58. The van der Waals surface area contributed by atoms with Crippen molar-refractivity contribution >= 4 is 28.2 Å². The first-order valence-electron chi connectivity index (χ1n) is 9.61. The number of hydrogen-bond donors (Lipinski definition) is 1. The first-order valence-corrected chi connectivity index (χ1v) is 9.61. The van der Waals surface area contributed by atoms with E-state index in [4.69, 9.17) is 9.84 Å². The highest BCUT2D eigenvalue weighted by Crippen LogP contribution is 2.37. The summed E-state index contributed by atoms with van der Waals surface area (Å²) >= 11 is 0. The average molecular weight is 386 g/mol. The molecular weight excluding hydrogens is 364 g/mol. The van der Waals surface area contributed by atoms with Crippen LogP contribution in [0.15, 0.2) is 71.0 Å². The third kappa shape index (κ3) is 3.76. The van der Waals surface area contributed by atoms with Crippen molar-refractivity contribution in [1.29, 1.82) is 0 Å². The highest BCUT2D eigenvalue weighted by Gasteiger charge is 2.19. The Morgan fingerprint density at radius 1 is 1.24 bits per heavy atom. The van der Waals surface area contributed by atoms with Crippen LogP contribution in [0.4, 0.5) is 0 Å². The second-order valence-electron chi connectivity index (χ2n) is 7.10. The maximum atomic E-state index is 10.8. The van der Waals surface area contributed by atoms with Crippen molar-refractivity contribution in [1.82, 2.24) is 4.98 Å². The Hall–Kier alpha value is -3.47. The van der Waals surface area contributed by atoms with E-state index in [1.165, 1.54) is 5.56 Å². The normalized spacial score (nSPS) is 18.8. The van der Waals surface area contributed by atoms with E-state index in [1.54, 1.807) is 6.08 Å². The van der Waals surface area contributed by atoms with Gasteiger partial charge in [-0.05, 0) is 49.3 Å². The Bertz CT molecular complexity index is 1140. The van der Waals surface area contributed by atoms with Crippen molar-refractivity contribution in [3.8, 4) is 5.75 Å². The molecule has 0 amide bonds. The number of nitrogens with zero attached hydrogens (tertiary/aromatic N) is 2. The van der Waals surface area contributed by atoms with Gasteiger partial charge in [-0.25, -0.2) is 0 Å². The van der Waals surface area contributed by atoms with Gasteiger partial charge in [-0.3, -0.25) is 14.8 Å². The maximum Gasteiger partial charge on any atom is 0.307 e. The minimum absolute atomic E-state index is 0.0427. The monoisotopic (exact) mass is 386 g/mol. The Morgan fingerprint density at radius 2 is 2.07 bits per heavy atom. The van der Waals surface area contributed by atoms with Crippen molar-refractivity contribution in [2.24, 2.45) is 4.99 Å². The van der Waals surface area contributed by atoms with Crippen LogP contribution in [0, 0.1) is 0 Å². The van der Waals surface area contributed by atoms with Crippen molar-refractivity contribution in [3.05, 3.63) is 77.2 Å². The van der Waals surface area contributed by atoms with Crippen LogP contribution in [0.5, 0.6) is 5.75 Å². The number of carboxylic acid groups (broad SMARTS) is 1. The molecule has 0 saturated carbocycles. The number of benzene rings is 1. The van der Waals surface area contributed by atoms with Crippen LogP contribution < -0.4 is 4.74 Å². The minimum Gasteiger partial charge on any atom is -0.493 e. The topological polar surface area (TPSA) is 71.8 Å². The smallest absolute Gasteiger partial charge is 0.307 e. The molecule has 1 aliphatic heterocycles. The minimum atomic E-state index is -0.868. The predicted octanol–water partition coefficient (Wildman–Crippen LogP) is 4.89. The summed E-state index contributed by atoms with van der Waals surface area (Å²) in [6.07, 6.45) is 12.2. The largest absolute Gasteiger partial charge is 0.493 e. The fourth-order valence-electron chi connectivity index (χ4n) is 3.71. The summed E-state index contributed by atoms with van der Waals surface area (Å²) < 4.78 is 5.84. The molecule has 5 nitrogen and oxygen atoms in total. The molecule has 0 atom stereocenters. The van der Waals surface area contributed by atoms with E-state index in [9.17, 15) is 4.79 Å². The molecule has 1 aromatic heterocycles. The van der Waals surface area contributed by atoms with Gasteiger partial charge >= 0.3 is 5.97 Å². The van der Waals surface area contributed by atoms with Gasteiger partial charge < -0.3 is 9.84 Å². The van der Waals surface area contributed by atoms with Crippen molar-refractivity contribution in [3.63, 3.8) is 0 Å². The van der Waals surface area contributed by atoms with Gasteiger partial charge in [0.25, 0.3) is 0 Å². The molecule has 1 aliphatic carbocycles. The van der Waals surface area contributed by atoms with Crippen molar-refractivity contribution < 1.29 is 14.6 Å². The number of carbonyl (C=O) groups is 1. The lowest BCUT2D eigenvalue weighted by atomic mass is 9.92. The molecule has 29 heavy (non-hydrogen) atoms. The number of aromatic nitrogens is 1. The van der Waals surface area contributed by atoms with E-state index in [0.717, 1.165) is 45.5 Å². The second kappa shape index (κ2) is 7.87. The zero-order chi connectivity index (χ0) is 20.4. The van der Waals surface area contributed by atoms with E-state index in [0.29, 0.717) is 12.3 Å². The highest BCUT2D eigenvalue weighted by molar-refractivity contribution is 6.17. The van der Waals surface area contributed by atoms with Gasteiger partial charge in [0, 0.05) is 34.8 Å². The van der Waals surface area contributed by atoms with Crippen molar-refractivity contribution in [2.75, 3.05) is 6.61 Å². The molecule has 2 heterocycles. The molecule has 0 fully saturated rings. The van der Waals surface area contributed by atoms with E-state index < -0.39 is 5.97 Å². The summed E-state index contributed by atoms with van der Waals surface area (Å²) in [5, 5.41) is 9.97. The third-order valence-corrected chi connectivity index (χ3v) is 5.15. The van der Waals surface area contributed by atoms with Gasteiger partial charge in [-0.2, -0.15) is 0 Å². The number of rotatable bonds is 4. The van der Waals surface area contributed by atoms with Crippen LogP contribution in [0.25, 0.3) is 16.5 Å². The number of pyridine rings is 1. The van der Waals surface area contributed by atoms with Gasteiger partial charge in [0.2, 0.25) is 0 Å². The van der Waals surface area contributed by atoms with Crippen molar-refractivity contribution in [2.45, 2.75) is 26.7 Å². The van der Waals surface area contributed by atoms with E-state index >= 15 is 0 Å². The lowest BCUT2D eigenvalue weighted by Crippen LogP contribution is -2.10. The first kappa shape index (κ1) is 18.9. The number of allylic oxidation sites excluding steroid dienone is 7. The van der Waals surface area contributed by atoms with Gasteiger partial charge in [0.05, 0.1) is 24.3 Å². The fraction of sp³-hybridized carbons (Fsp3) is 0.208. The van der Waals surface area contributed by atoms with Crippen LogP contribution >= 0.6 is 0 Å². The number of aliphatic imine (C=N–C) groups is 1. The molecule has 2 aliphatic rings. The quantitative estimate of drug-likeness (QED) is 0.812. The Labute approximate surface area is 169 Å². The predicted molar refractivity (Wildman–Crippen MR) is 115 cm³/mol. The number of ether oxygens (including phenoxy) is 1. The molecular formula is C24H22N2O3. The molecule has 0 radical (unpaired) electrons. The number of carboxylic acids is 1. The van der Waals surface area contributed by atoms with Gasteiger partial charge in [0.15, 0.2) is 0 Å². The maximum absolute atomic E-state index is 10.8. The Kier molecular flexibility index (Phi) is 5.12. The van der Waals surface area contributed by atoms with Crippen LogP contribution in [0.3, 0.4) is 0 Å². The SMILES string of the molecule is CC(=C\CC(=O)O)/N=C1/C=CC=C/C1=C(/C)c1ccc2c3c(ccnc13)CCO2. The Morgan fingerprint density at radius 3 is 2.90 bits per heavy atom. The van der Waals surface area contributed by atoms with E-state index in [-0.39, 0.29) is 6.42 Å². The molecule has 0 saturated heterocycles. The van der Waals surface area contributed by atoms with Crippen LogP contribution in [0.2, 0.25) is 0 Å². The van der Waals surface area contributed by atoms with Gasteiger partial charge in [0.1, 0.15) is 5.75 Å². The van der Waals surface area contributed by atoms with Crippen LogP contribution in [-0.2, 0) is 11.2 Å².